The van der Waals surface area contributed by atoms with Crippen molar-refractivity contribution >= 4 is 5.95 Å². The third-order valence-corrected chi connectivity index (χ3v) is 3.67. The van der Waals surface area contributed by atoms with Gasteiger partial charge >= 0.3 is 0 Å². The van der Waals surface area contributed by atoms with Crippen LogP contribution in [0.25, 0.3) is 11.5 Å². The SMILES string of the molecule is NCC1CCN(c2n[nH]c(-c3ccc(F)cn3)n2)CC1. The van der Waals surface area contributed by atoms with E-state index < -0.39 is 0 Å². The molecule has 1 fully saturated rings. The Hall–Kier alpha value is -2.02. The van der Waals surface area contributed by atoms with E-state index in [1.165, 1.54) is 12.3 Å². The summed E-state index contributed by atoms with van der Waals surface area (Å²) in [4.78, 5) is 10.6. The number of anilines is 1. The van der Waals surface area contributed by atoms with Crippen molar-refractivity contribution in [2.45, 2.75) is 12.8 Å². The fourth-order valence-corrected chi connectivity index (χ4v) is 2.39. The molecule has 0 aliphatic carbocycles. The van der Waals surface area contributed by atoms with Gasteiger partial charge in [-0.25, -0.2) is 9.37 Å². The fraction of sp³-hybridized carbons (Fsp3) is 0.462. The number of nitrogens with two attached hydrogens (primary N) is 1. The molecular weight excluding hydrogens is 259 g/mol. The van der Waals surface area contributed by atoms with Gasteiger partial charge in [0, 0.05) is 13.1 Å². The van der Waals surface area contributed by atoms with Gasteiger partial charge < -0.3 is 10.6 Å². The maximum absolute atomic E-state index is 12.8. The molecule has 3 N–H and O–H groups in total. The maximum atomic E-state index is 12.8. The van der Waals surface area contributed by atoms with Crippen molar-refractivity contribution in [3.05, 3.63) is 24.1 Å². The minimum atomic E-state index is -0.364. The minimum absolute atomic E-state index is 0.364. The molecule has 0 radical (unpaired) electrons. The number of halogens is 1. The highest BCUT2D eigenvalue weighted by Crippen LogP contribution is 2.21. The number of nitrogens with one attached hydrogen (secondary N) is 1. The van der Waals surface area contributed by atoms with Crippen LogP contribution in [0, 0.1) is 11.7 Å². The highest BCUT2D eigenvalue weighted by Gasteiger charge is 2.21. The lowest BCUT2D eigenvalue weighted by Gasteiger charge is -2.30. The van der Waals surface area contributed by atoms with Crippen LogP contribution in [0.2, 0.25) is 0 Å². The molecule has 0 spiro atoms. The number of rotatable bonds is 3. The molecular formula is C13H17FN6. The Morgan fingerprint density at radius 1 is 1.35 bits per heavy atom. The number of aromatic amines is 1. The van der Waals surface area contributed by atoms with E-state index >= 15 is 0 Å². The number of hydrogen-bond acceptors (Lipinski definition) is 5. The maximum Gasteiger partial charge on any atom is 0.245 e. The zero-order valence-electron chi connectivity index (χ0n) is 11.1. The van der Waals surface area contributed by atoms with Gasteiger partial charge in [-0.1, -0.05) is 0 Å². The summed E-state index contributed by atoms with van der Waals surface area (Å²) in [5, 5.41) is 7.07. The molecule has 106 valence electrons. The Kier molecular flexibility index (Phi) is 3.60. The van der Waals surface area contributed by atoms with Crippen molar-refractivity contribution < 1.29 is 4.39 Å². The van der Waals surface area contributed by atoms with E-state index in [1.807, 2.05) is 0 Å². The van der Waals surface area contributed by atoms with Gasteiger partial charge in [-0.3, -0.25) is 5.10 Å². The second-order valence-corrected chi connectivity index (χ2v) is 5.01. The van der Waals surface area contributed by atoms with Crippen LogP contribution < -0.4 is 10.6 Å². The number of aromatic nitrogens is 4. The Balaban J connectivity index is 1.72. The molecule has 20 heavy (non-hydrogen) atoms. The van der Waals surface area contributed by atoms with E-state index in [-0.39, 0.29) is 5.82 Å². The van der Waals surface area contributed by atoms with Crippen LogP contribution in [-0.4, -0.2) is 39.8 Å². The lowest BCUT2D eigenvalue weighted by Crippen LogP contribution is -2.36. The summed E-state index contributed by atoms with van der Waals surface area (Å²) in [6.07, 6.45) is 3.30. The molecule has 0 bridgehead atoms. The largest absolute Gasteiger partial charge is 0.340 e. The summed E-state index contributed by atoms with van der Waals surface area (Å²) < 4.78 is 12.8. The normalized spacial score (nSPS) is 16.6. The highest BCUT2D eigenvalue weighted by atomic mass is 19.1. The van der Waals surface area contributed by atoms with E-state index in [2.05, 4.69) is 25.1 Å². The molecule has 0 atom stereocenters. The molecule has 0 aromatic carbocycles. The van der Waals surface area contributed by atoms with Gasteiger partial charge in [-0.15, -0.1) is 5.10 Å². The summed E-state index contributed by atoms with van der Waals surface area (Å²) in [7, 11) is 0. The molecule has 0 saturated carbocycles. The first-order chi connectivity index (χ1) is 9.76. The summed E-state index contributed by atoms with van der Waals surface area (Å²) >= 11 is 0. The van der Waals surface area contributed by atoms with E-state index in [0.29, 0.717) is 23.4 Å². The summed E-state index contributed by atoms with van der Waals surface area (Å²) in [5.74, 6) is 1.46. The van der Waals surface area contributed by atoms with Crippen molar-refractivity contribution in [1.29, 1.82) is 0 Å². The molecule has 1 saturated heterocycles. The monoisotopic (exact) mass is 276 g/mol. The Morgan fingerprint density at radius 3 is 2.80 bits per heavy atom. The Labute approximate surface area is 116 Å². The van der Waals surface area contributed by atoms with Gasteiger partial charge in [0.25, 0.3) is 0 Å². The number of H-pyrrole nitrogens is 1. The molecule has 0 amide bonds. The first kappa shape index (κ1) is 13.0. The zero-order valence-corrected chi connectivity index (χ0v) is 11.1. The van der Waals surface area contributed by atoms with Gasteiger partial charge in [-0.2, -0.15) is 4.98 Å². The van der Waals surface area contributed by atoms with Crippen LogP contribution in [0.4, 0.5) is 10.3 Å². The lowest BCUT2D eigenvalue weighted by atomic mass is 9.97. The van der Waals surface area contributed by atoms with Crippen LogP contribution in [0.15, 0.2) is 18.3 Å². The predicted molar refractivity (Wildman–Crippen MR) is 73.6 cm³/mol. The molecule has 1 aliphatic heterocycles. The first-order valence-corrected chi connectivity index (χ1v) is 6.75. The summed E-state index contributed by atoms with van der Waals surface area (Å²) in [6.45, 7) is 2.57. The van der Waals surface area contributed by atoms with E-state index in [1.54, 1.807) is 6.07 Å². The Morgan fingerprint density at radius 2 is 2.15 bits per heavy atom. The van der Waals surface area contributed by atoms with Crippen molar-refractivity contribution in [2.24, 2.45) is 11.7 Å². The zero-order chi connectivity index (χ0) is 13.9. The topological polar surface area (TPSA) is 83.7 Å². The number of pyridine rings is 1. The van der Waals surface area contributed by atoms with Gasteiger partial charge in [0.05, 0.1) is 6.20 Å². The molecule has 7 heteroatoms. The molecule has 3 heterocycles. The van der Waals surface area contributed by atoms with Gasteiger partial charge in [0.1, 0.15) is 11.5 Å². The van der Waals surface area contributed by atoms with Gasteiger partial charge in [0.2, 0.25) is 5.95 Å². The molecule has 0 unspecified atom stereocenters. The molecule has 1 aliphatic rings. The second-order valence-electron chi connectivity index (χ2n) is 5.01. The Bertz CT molecular complexity index is 558. The lowest BCUT2D eigenvalue weighted by molar-refractivity contribution is 0.411. The summed E-state index contributed by atoms with van der Waals surface area (Å²) in [5.41, 5.74) is 6.27. The predicted octanol–water partition coefficient (Wildman–Crippen LogP) is 1.18. The molecule has 2 aromatic rings. The van der Waals surface area contributed by atoms with Crippen LogP contribution in [0.3, 0.4) is 0 Å². The van der Waals surface area contributed by atoms with Crippen LogP contribution >= 0.6 is 0 Å². The third-order valence-electron chi connectivity index (χ3n) is 3.67. The number of hydrogen-bond donors (Lipinski definition) is 2. The highest BCUT2D eigenvalue weighted by molar-refractivity contribution is 5.50. The molecule has 2 aromatic heterocycles. The van der Waals surface area contributed by atoms with E-state index in [9.17, 15) is 4.39 Å². The van der Waals surface area contributed by atoms with Crippen molar-refractivity contribution in [3.8, 4) is 11.5 Å². The van der Waals surface area contributed by atoms with Crippen LogP contribution in [0.1, 0.15) is 12.8 Å². The molecule has 6 nitrogen and oxygen atoms in total. The summed E-state index contributed by atoms with van der Waals surface area (Å²) in [6, 6.07) is 2.94. The van der Waals surface area contributed by atoms with E-state index in [4.69, 9.17) is 5.73 Å². The van der Waals surface area contributed by atoms with Gasteiger partial charge in [0.15, 0.2) is 5.82 Å². The standard InChI is InChI=1S/C13H17FN6/c14-10-1-2-11(16-8-10)12-17-13(19-18-12)20-5-3-9(7-15)4-6-20/h1-2,8-9H,3-7,15H2,(H,17,18,19). The quantitative estimate of drug-likeness (QED) is 0.879. The number of piperidine rings is 1. The number of nitrogens with zero attached hydrogens (tertiary/aromatic N) is 4. The fourth-order valence-electron chi connectivity index (χ4n) is 2.39. The average Bonchev–Trinajstić information content (AvgIpc) is 2.98. The smallest absolute Gasteiger partial charge is 0.245 e. The van der Waals surface area contributed by atoms with Crippen molar-refractivity contribution in [3.63, 3.8) is 0 Å². The van der Waals surface area contributed by atoms with Crippen molar-refractivity contribution in [1.82, 2.24) is 20.2 Å². The minimum Gasteiger partial charge on any atom is -0.340 e. The van der Waals surface area contributed by atoms with Crippen LogP contribution in [-0.2, 0) is 0 Å². The molecule has 3 rings (SSSR count). The van der Waals surface area contributed by atoms with Crippen LogP contribution in [0.5, 0.6) is 0 Å². The average molecular weight is 276 g/mol. The van der Waals surface area contributed by atoms with Gasteiger partial charge in [-0.05, 0) is 37.4 Å². The first-order valence-electron chi connectivity index (χ1n) is 6.75. The second kappa shape index (κ2) is 5.54. The van der Waals surface area contributed by atoms with Crippen molar-refractivity contribution in [2.75, 3.05) is 24.5 Å². The van der Waals surface area contributed by atoms with E-state index in [0.717, 1.165) is 32.5 Å². The third kappa shape index (κ3) is 2.62.